The molecule has 6 heteroatoms. The van der Waals surface area contributed by atoms with Crippen molar-refractivity contribution in [2.24, 2.45) is 5.73 Å². The first-order valence-electron chi connectivity index (χ1n) is 6.54. The molecule has 2 atom stereocenters. The number of methoxy groups -OCH3 is 2. The highest BCUT2D eigenvalue weighted by Crippen LogP contribution is 2.30. The van der Waals surface area contributed by atoms with E-state index in [0.29, 0.717) is 17.9 Å². The molecule has 1 aromatic rings. The van der Waals surface area contributed by atoms with E-state index in [0.717, 1.165) is 5.56 Å². The molecule has 0 amide bonds. The molecule has 2 N–H and O–H groups in total. The number of rotatable bonds is 7. The molecule has 2 unspecified atom stereocenters. The van der Waals surface area contributed by atoms with E-state index in [1.807, 2.05) is 6.92 Å². The highest BCUT2D eigenvalue weighted by Gasteiger charge is 2.23. The van der Waals surface area contributed by atoms with Gasteiger partial charge in [0.15, 0.2) is 21.3 Å². The van der Waals surface area contributed by atoms with Crippen molar-refractivity contribution in [2.75, 3.05) is 20.0 Å². The quantitative estimate of drug-likeness (QED) is 0.832. The van der Waals surface area contributed by atoms with Crippen LogP contribution in [0.5, 0.6) is 11.5 Å². The zero-order chi connectivity index (χ0) is 15.3. The van der Waals surface area contributed by atoms with Crippen LogP contribution in [0.3, 0.4) is 0 Å². The Balaban J connectivity index is 2.96. The molecule has 0 bridgehead atoms. The highest BCUT2D eigenvalue weighted by atomic mass is 32.2. The van der Waals surface area contributed by atoms with Gasteiger partial charge < -0.3 is 15.2 Å². The summed E-state index contributed by atoms with van der Waals surface area (Å²) in [6.07, 6.45) is 0.584. The molecule has 0 aliphatic carbocycles. The number of nitrogens with two attached hydrogens (primary N) is 1. The number of sulfone groups is 1. The average molecular weight is 301 g/mol. The van der Waals surface area contributed by atoms with Gasteiger partial charge in [0, 0.05) is 6.04 Å². The summed E-state index contributed by atoms with van der Waals surface area (Å²) >= 11 is 0. The summed E-state index contributed by atoms with van der Waals surface area (Å²) in [5, 5.41) is -0.381. The lowest BCUT2D eigenvalue weighted by atomic mass is 10.1. The van der Waals surface area contributed by atoms with Crippen molar-refractivity contribution in [1.29, 1.82) is 0 Å². The monoisotopic (exact) mass is 301 g/mol. The van der Waals surface area contributed by atoms with Gasteiger partial charge in [-0.3, -0.25) is 0 Å². The molecule has 0 radical (unpaired) electrons. The van der Waals surface area contributed by atoms with Gasteiger partial charge in [0.25, 0.3) is 0 Å². The first-order chi connectivity index (χ1) is 9.35. The van der Waals surface area contributed by atoms with E-state index >= 15 is 0 Å². The molecule has 0 heterocycles. The Morgan fingerprint density at radius 3 is 2.30 bits per heavy atom. The van der Waals surface area contributed by atoms with Crippen molar-refractivity contribution < 1.29 is 17.9 Å². The number of hydrogen-bond donors (Lipinski definition) is 1. The van der Waals surface area contributed by atoms with E-state index in [-0.39, 0.29) is 11.0 Å². The Kier molecular flexibility index (Phi) is 5.83. The fourth-order valence-corrected chi connectivity index (χ4v) is 3.38. The summed E-state index contributed by atoms with van der Waals surface area (Å²) in [5.41, 5.74) is 6.73. The summed E-state index contributed by atoms with van der Waals surface area (Å²) in [6, 6.07) is 4.63. The second kappa shape index (κ2) is 6.95. The molecule has 0 aromatic heterocycles. The van der Waals surface area contributed by atoms with Crippen LogP contribution in [-0.2, 0) is 9.84 Å². The summed E-state index contributed by atoms with van der Waals surface area (Å²) < 4.78 is 34.5. The van der Waals surface area contributed by atoms with Crippen molar-refractivity contribution in [3.63, 3.8) is 0 Å². The first kappa shape index (κ1) is 16.8. The van der Waals surface area contributed by atoms with Gasteiger partial charge in [0.1, 0.15) is 0 Å². The second-order valence-corrected chi connectivity index (χ2v) is 7.23. The van der Waals surface area contributed by atoms with Gasteiger partial charge in [-0.2, -0.15) is 0 Å². The third-order valence-electron chi connectivity index (χ3n) is 3.44. The van der Waals surface area contributed by atoms with Crippen LogP contribution < -0.4 is 15.2 Å². The lowest BCUT2D eigenvalue weighted by molar-refractivity contribution is 0.354. The largest absolute Gasteiger partial charge is 0.493 e. The average Bonchev–Trinajstić information content (AvgIpc) is 2.44. The molecule has 0 fully saturated rings. The molecule has 0 saturated carbocycles. The fourth-order valence-electron chi connectivity index (χ4n) is 1.85. The molecular formula is C14H23NO4S. The summed E-state index contributed by atoms with van der Waals surface area (Å²) in [6.45, 7) is 3.56. The molecule has 1 aromatic carbocycles. The number of benzene rings is 1. The SMILES string of the molecule is CCC(C)S(=O)(=O)CC(N)c1ccc(OC)c(OC)c1. The Morgan fingerprint density at radius 2 is 1.80 bits per heavy atom. The molecule has 1 rings (SSSR count). The van der Waals surface area contributed by atoms with Crippen LogP contribution in [-0.4, -0.2) is 33.6 Å². The van der Waals surface area contributed by atoms with Crippen LogP contribution in [0.2, 0.25) is 0 Å². The molecule has 20 heavy (non-hydrogen) atoms. The predicted octanol–water partition coefficient (Wildman–Crippen LogP) is 1.92. The summed E-state index contributed by atoms with van der Waals surface area (Å²) in [5.74, 6) is 1.06. The van der Waals surface area contributed by atoms with E-state index < -0.39 is 15.9 Å². The first-order valence-corrected chi connectivity index (χ1v) is 8.26. The smallest absolute Gasteiger partial charge is 0.161 e. The predicted molar refractivity (Wildman–Crippen MR) is 80.0 cm³/mol. The van der Waals surface area contributed by atoms with E-state index in [1.165, 1.54) is 7.11 Å². The Hall–Kier alpha value is -1.27. The van der Waals surface area contributed by atoms with Gasteiger partial charge in [-0.05, 0) is 31.0 Å². The van der Waals surface area contributed by atoms with Gasteiger partial charge in [0.2, 0.25) is 0 Å². The maximum absolute atomic E-state index is 12.1. The topological polar surface area (TPSA) is 78.6 Å². The van der Waals surface area contributed by atoms with Crippen molar-refractivity contribution >= 4 is 9.84 Å². The molecule has 0 saturated heterocycles. The highest BCUT2D eigenvalue weighted by molar-refractivity contribution is 7.92. The van der Waals surface area contributed by atoms with Crippen LogP contribution in [0.15, 0.2) is 18.2 Å². The number of ether oxygens (including phenoxy) is 2. The van der Waals surface area contributed by atoms with Gasteiger partial charge in [0.05, 0.1) is 25.2 Å². The third-order valence-corrected chi connectivity index (χ3v) is 5.82. The molecule has 0 aliphatic heterocycles. The molecular weight excluding hydrogens is 278 g/mol. The van der Waals surface area contributed by atoms with Crippen LogP contribution in [0.4, 0.5) is 0 Å². The van der Waals surface area contributed by atoms with Gasteiger partial charge in [-0.15, -0.1) is 0 Å². The zero-order valence-corrected chi connectivity index (χ0v) is 13.2. The molecule has 114 valence electrons. The maximum Gasteiger partial charge on any atom is 0.161 e. The normalized spacial score (nSPS) is 14.7. The van der Waals surface area contributed by atoms with Crippen LogP contribution in [0, 0.1) is 0 Å². The fraction of sp³-hybridized carbons (Fsp3) is 0.571. The van der Waals surface area contributed by atoms with Crippen LogP contribution >= 0.6 is 0 Å². The van der Waals surface area contributed by atoms with Crippen molar-refractivity contribution in [2.45, 2.75) is 31.6 Å². The van der Waals surface area contributed by atoms with Crippen molar-refractivity contribution in [3.05, 3.63) is 23.8 Å². The minimum Gasteiger partial charge on any atom is -0.493 e. The minimum absolute atomic E-state index is 0.0719. The summed E-state index contributed by atoms with van der Waals surface area (Å²) in [7, 11) is -0.113. The van der Waals surface area contributed by atoms with Gasteiger partial charge >= 0.3 is 0 Å². The lowest BCUT2D eigenvalue weighted by Crippen LogP contribution is -2.28. The third kappa shape index (κ3) is 3.86. The van der Waals surface area contributed by atoms with E-state index in [4.69, 9.17) is 15.2 Å². The van der Waals surface area contributed by atoms with Crippen molar-refractivity contribution in [1.82, 2.24) is 0 Å². The summed E-state index contributed by atoms with van der Waals surface area (Å²) in [4.78, 5) is 0. The molecule has 0 spiro atoms. The van der Waals surface area contributed by atoms with Crippen molar-refractivity contribution in [3.8, 4) is 11.5 Å². The number of hydrogen-bond acceptors (Lipinski definition) is 5. The van der Waals surface area contributed by atoms with Crippen LogP contribution in [0.25, 0.3) is 0 Å². The van der Waals surface area contributed by atoms with Gasteiger partial charge in [-0.25, -0.2) is 8.42 Å². The standard InChI is InChI=1S/C14H23NO4S/c1-5-10(2)20(16,17)9-12(15)11-6-7-13(18-3)14(8-11)19-4/h6-8,10,12H,5,9,15H2,1-4H3. The second-order valence-electron chi connectivity index (χ2n) is 4.77. The maximum atomic E-state index is 12.1. The Bertz CT molecular complexity index is 542. The minimum atomic E-state index is -3.19. The Morgan fingerprint density at radius 1 is 1.20 bits per heavy atom. The van der Waals surface area contributed by atoms with E-state index in [2.05, 4.69) is 0 Å². The zero-order valence-electron chi connectivity index (χ0n) is 12.4. The van der Waals surface area contributed by atoms with Gasteiger partial charge in [-0.1, -0.05) is 13.0 Å². The van der Waals surface area contributed by atoms with E-state index in [9.17, 15) is 8.42 Å². The molecule has 5 nitrogen and oxygen atoms in total. The lowest BCUT2D eigenvalue weighted by Gasteiger charge is -2.17. The van der Waals surface area contributed by atoms with E-state index in [1.54, 1.807) is 32.2 Å². The van der Waals surface area contributed by atoms with Crippen LogP contribution in [0.1, 0.15) is 31.9 Å². The Labute approximate surface area is 121 Å². The molecule has 0 aliphatic rings.